The molecule has 0 amide bonds. The van der Waals surface area contributed by atoms with Gasteiger partial charge in [0.1, 0.15) is 0 Å². The van der Waals surface area contributed by atoms with Gasteiger partial charge in [0.25, 0.3) is 0 Å². The highest BCUT2D eigenvalue weighted by Crippen LogP contribution is 2.39. The van der Waals surface area contributed by atoms with E-state index in [4.69, 9.17) is 14.2 Å². The van der Waals surface area contributed by atoms with E-state index in [1.165, 1.54) is 25.9 Å². The van der Waals surface area contributed by atoms with Crippen LogP contribution in [0.1, 0.15) is 31.7 Å². The van der Waals surface area contributed by atoms with Crippen LogP contribution < -0.4 is 24.8 Å². The smallest absolute Gasteiger partial charge is 0.203 e. The number of guanidine groups is 1. The van der Waals surface area contributed by atoms with Gasteiger partial charge in [0, 0.05) is 25.7 Å². The van der Waals surface area contributed by atoms with Gasteiger partial charge in [0.2, 0.25) is 5.75 Å². The summed E-state index contributed by atoms with van der Waals surface area (Å²) in [5, 5.41) is 6.79. The lowest BCUT2D eigenvalue weighted by atomic mass is 9.99. The highest BCUT2D eigenvalue weighted by atomic mass is 127. The van der Waals surface area contributed by atoms with Crippen LogP contribution >= 0.6 is 24.0 Å². The fourth-order valence-corrected chi connectivity index (χ4v) is 3.69. The predicted molar refractivity (Wildman–Crippen MR) is 134 cm³/mol. The number of nitrogens with one attached hydrogen (secondary N) is 2. The molecule has 0 atom stereocenters. The summed E-state index contributed by atoms with van der Waals surface area (Å²) in [7, 11) is 6.70. The Morgan fingerprint density at radius 3 is 2.30 bits per heavy atom. The second-order valence-electron chi connectivity index (χ2n) is 7.55. The van der Waals surface area contributed by atoms with Gasteiger partial charge >= 0.3 is 0 Å². The number of benzene rings is 1. The predicted octanol–water partition coefficient (Wildman–Crippen LogP) is 3.16. The van der Waals surface area contributed by atoms with Crippen molar-refractivity contribution in [3.63, 3.8) is 0 Å². The van der Waals surface area contributed by atoms with E-state index < -0.39 is 0 Å². The minimum Gasteiger partial charge on any atom is -0.493 e. The van der Waals surface area contributed by atoms with Crippen molar-refractivity contribution < 1.29 is 14.2 Å². The quantitative estimate of drug-likeness (QED) is 0.208. The molecule has 1 aliphatic heterocycles. The summed E-state index contributed by atoms with van der Waals surface area (Å²) in [4.78, 5) is 6.89. The van der Waals surface area contributed by atoms with Gasteiger partial charge in [-0.1, -0.05) is 13.0 Å². The van der Waals surface area contributed by atoms with Gasteiger partial charge in [-0.3, -0.25) is 4.99 Å². The second kappa shape index (κ2) is 14.6. The number of likely N-dealkylation sites (tertiary alicyclic amines) is 1. The van der Waals surface area contributed by atoms with Crippen molar-refractivity contribution in [2.75, 3.05) is 61.1 Å². The fourth-order valence-electron chi connectivity index (χ4n) is 3.69. The van der Waals surface area contributed by atoms with E-state index in [1.54, 1.807) is 28.4 Å². The molecular weight excluding hydrogens is 495 g/mol. The molecule has 172 valence electrons. The maximum Gasteiger partial charge on any atom is 0.203 e. The van der Waals surface area contributed by atoms with E-state index in [0.717, 1.165) is 49.9 Å². The van der Waals surface area contributed by atoms with E-state index in [9.17, 15) is 0 Å². The Labute approximate surface area is 199 Å². The SMILES string of the molecule is CN=C(NCCCN1CCC(C)CC1)NCCc1ccc(OC)c(OC)c1OC.I. The summed E-state index contributed by atoms with van der Waals surface area (Å²) in [6, 6.07) is 3.92. The number of piperidine rings is 1. The van der Waals surface area contributed by atoms with E-state index >= 15 is 0 Å². The van der Waals surface area contributed by atoms with Crippen molar-refractivity contribution in [2.45, 2.75) is 32.6 Å². The summed E-state index contributed by atoms with van der Waals surface area (Å²) in [5.74, 6) is 3.73. The van der Waals surface area contributed by atoms with Crippen molar-refractivity contribution in [1.29, 1.82) is 0 Å². The Morgan fingerprint density at radius 1 is 1.03 bits per heavy atom. The molecule has 0 aromatic heterocycles. The average molecular weight is 534 g/mol. The summed E-state index contributed by atoms with van der Waals surface area (Å²) >= 11 is 0. The van der Waals surface area contributed by atoms with Crippen LogP contribution in [0, 0.1) is 5.92 Å². The van der Waals surface area contributed by atoms with Gasteiger partial charge in [0.15, 0.2) is 17.5 Å². The Morgan fingerprint density at radius 2 is 1.70 bits per heavy atom. The number of hydrogen-bond donors (Lipinski definition) is 2. The standard InChI is InChI=1S/C22H38N4O3.HI/c1-17-10-15-26(16-11-17)14-6-12-24-22(23-2)25-13-9-18-7-8-19(27-3)21(29-5)20(18)28-4;/h7-8,17H,6,9-16H2,1-5H3,(H2,23,24,25);1H. The molecule has 1 aromatic rings. The van der Waals surface area contributed by atoms with Crippen molar-refractivity contribution in [3.8, 4) is 17.2 Å². The molecule has 1 heterocycles. The minimum absolute atomic E-state index is 0. The van der Waals surface area contributed by atoms with E-state index in [2.05, 4.69) is 27.4 Å². The Hall–Kier alpha value is -1.42. The molecular formula is C22H39IN4O3. The van der Waals surface area contributed by atoms with Gasteiger partial charge in [-0.15, -0.1) is 24.0 Å². The normalized spacial score (nSPS) is 15.3. The monoisotopic (exact) mass is 534 g/mol. The lowest BCUT2D eigenvalue weighted by molar-refractivity contribution is 0.191. The maximum absolute atomic E-state index is 5.55. The fraction of sp³-hybridized carbons (Fsp3) is 0.682. The van der Waals surface area contributed by atoms with Crippen molar-refractivity contribution in [3.05, 3.63) is 17.7 Å². The third-order valence-electron chi connectivity index (χ3n) is 5.52. The zero-order valence-corrected chi connectivity index (χ0v) is 21.5. The largest absolute Gasteiger partial charge is 0.493 e. The number of halogens is 1. The molecule has 1 fully saturated rings. The first-order chi connectivity index (χ1) is 14.1. The van der Waals surface area contributed by atoms with Gasteiger partial charge in [-0.05, 0) is 57.3 Å². The van der Waals surface area contributed by atoms with Crippen LogP contribution in [0.4, 0.5) is 0 Å². The first-order valence-electron chi connectivity index (χ1n) is 10.6. The topological polar surface area (TPSA) is 67.4 Å². The third-order valence-corrected chi connectivity index (χ3v) is 5.52. The van der Waals surface area contributed by atoms with Crippen molar-refractivity contribution >= 4 is 29.9 Å². The Bertz CT molecular complexity index is 650. The first-order valence-corrected chi connectivity index (χ1v) is 10.6. The number of hydrogen-bond acceptors (Lipinski definition) is 5. The molecule has 1 aliphatic rings. The van der Waals surface area contributed by atoms with Crippen LogP contribution in [-0.4, -0.2) is 72.0 Å². The Balaban J connectivity index is 0.00000450. The molecule has 0 saturated carbocycles. The average Bonchev–Trinajstić information content (AvgIpc) is 2.75. The maximum atomic E-state index is 5.55. The first kappa shape index (κ1) is 26.6. The number of methoxy groups -OCH3 is 3. The molecule has 30 heavy (non-hydrogen) atoms. The summed E-state index contributed by atoms with van der Waals surface area (Å²) in [6.07, 6.45) is 4.57. The zero-order valence-electron chi connectivity index (χ0n) is 19.1. The van der Waals surface area contributed by atoms with Gasteiger partial charge in [-0.25, -0.2) is 0 Å². The molecule has 1 saturated heterocycles. The molecule has 2 N–H and O–H groups in total. The lowest BCUT2D eigenvalue weighted by Gasteiger charge is -2.30. The summed E-state index contributed by atoms with van der Waals surface area (Å²) in [6.45, 7) is 7.65. The van der Waals surface area contributed by atoms with Crippen LogP contribution in [0.15, 0.2) is 17.1 Å². The number of nitrogens with zero attached hydrogens (tertiary/aromatic N) is 2. The molecule has 0 unspecified atom stereocenters. The van der Waals surface area contributed by atoms with Crippen LogP contribution in [-0.2, 0) is 6.42 Å². The zero-order chi connectivity index (χ0) is 21.1. The lowest BCUT2D eigenvalue weighted by Crippen LogP contribution is -2.40. The Kier molecular flexibility index (Phi) is 12.9. The molecule has 0 spiro atoms. The van der Waals surface area contributed by atoms with E-state index in [1.807, 2.05) is 12.1 Å². The number of rotatable bonds is 10. The van der Waals surface area contributed by atoms with Crippen LogP contribution in [0.3, 0.4) is 0 Å². The van der Waals surface area contributed by atoms with E-state index in [0.29, 0.717) is 17.2 Å². The molecule has 0 aliphatic carbocycles. The summed E-state index contributed by atoms with van der Waals surface area (Å²) in [5.41, 5.74) is 1.06. The molecule has 7 nitrogen and oxygen atoms in total. The second-order valence-corrected chi connectivity index (χ2v) is 7.55. The van der Waals surface area contributed by atoms with Gasteiger partial charge < -0.3 is 29.7 Å². The highest BCUT2D eigenvalue weighted by molar-refractivity contribution is 14.0. The number of ether oxygens (including phenoxy) is 3. The van der Waals surface area contributed by atoms with Gasteiger partial charge in [0.05, 0.1) is 21.3 Å². The van der Waals surface area contributed by atoms with Crippen molar-refractivity contribution in [1.82, 2.24) is 15.5 Å². The van der Waals surface area contributed by atoms with Crippen LogP contribution in [0.5, 0.6) is 17.2 Å². The van der Waals surface area contributed by atoms with E-state index in [-0.39, 0.29) is 24.0 Å². The molecule has 8 heteroatoms. The molecule has 0 radical (unpaired) electrons. The molecule has 0 bridgehead atoms. The highest BCUT2D eigenvalue weighted by Gasteiger charge is 2.16. The molecule has 1 aromatic carbocycles. The van der Waals surface area contributed by atoms with Crippen molar-refractivity contribution in [2.24, 2.45) is 10.9 Å². The molecule has 2 rings (SSSR count). The summed E-state index contributed by atoms with van der Waals surface area (Å²) < 4.78 is 16.4. The third kappa shape index (κ3) is 8.02. The van der Waals surface area contributed by atoms with Crippen LogP contribution in [0.2, 0.25) is 0 Å². The van der Waals surface area contributed by atoms with Crippen LogP contribution in [0.25, 0.3) is 0 Å². The van der Waals surface area contributed by atoms with Gasteiger partial charge in [-0.2, -0.15) is 0 Å². The minimum atomic E-state index is 0. The number of aliphatic imine (C=N–C) groups is 1.